The van der Waals surface area contributed by atoms with Crippen molar-refractivity contribution in [2.45, 2.75) is 13.8 Å². The number of thiazole rings is 1. The molecule has 0 atom stereocenters. The summed E-state index contributed by atoms with van der Waals surface area (Å²) in [5.74, 6) is 1.70. The lowest BCUT2D eigenvalue weighted by molar-refractivity contribution is 0.336. The highest BCUT2D eigenvalue weighted by molar-refractivity contribution is 7.24. The van der Waals surface area contributed by atoms with Gasteiger partial charge in [0.15, 0.2) is 0 Å². The van der Waals surface area contributed by atoms with E-state index in [2.05, 4.69) is 10.2 Å². The summed E-state index contributed by atoms with van der Waals surface area (Å²) in [7, 11) is 0. The van der Waals surface area contributed by atoms with E-state index in [1.54, 1.807) is 17.7 Å². The Kier molecular flexibility index (Phi) is 2.79. The monoisotopic (exact) mass is 263 g/mol. The summed E-state index contributed by atoms with van der Waals surface area (Å²) >= 11 is 1.56. The summed E-state index contributed by atoms with van der Waals surface area (Å²) in [5, 5.41) is 7.99. The van der Waals surface area contributed by atoms with Gasteiger partial charge in [-0.05, 0) is 26.0 Å². The fourth-order valence-electron chi connectivity index (χ4n) is 1.94. The number of nitrogens with zero attached hydrogens (tertiary/aromatic N) is 3. The average Bonchev–Trinajstić information content (AvgIpc) is 2.92. The lowest BCUT2D eigenvalue weighted by Gasteiger charge is -2.08. The quantitative estimate of drug-likeness (QED) is 0.726. The molecule has 0 aliphatic rings. The smallest absolute Gasteiger partial charge is 0.217 e. The Bertz CT molecular complexity index is 689. The Hall–Kier alpha value is -1.82. The molecule has 6 heteroatoms. The number of benzene rings is 1. The zero-order valence-corrected chi connectivity index (χ0v) is 11.0. The van der Waals surface area contributed by atoms with E-state index in [0.29, 0.717) is 13.2 Å². The van der Waals surface area contributed by atoms with Crippen LogP contribution in [0.5, 0.6) is 11.5 Å². The molecule has 3 aromatic rings. The molecule has 0 saturated heterocycles. The zero-order chi connectivity index (χ0) is 12.5. The predicted octanol–water partition coefficient (Wildman–Crippen LogP) is 2.74. The standard InChI is InChI=1S/C12H13N3O2S/c1-3-16-8-5-6-9(17-4-2)11-10(8)15-7-13-14-12(15)18-11/h5-7H,3-4H2,1-2H3. The predicted molar refractivity (Wildman–Crippen MR) is 70.7 cm³/mol. The summed E-state index contributed by atoms with van der Waals surface area (Å²) in [6.45, 7) is 5.21. The molecule has 0 amide bonds. The second kappa shape index (κ2) is 4.45. The molecule has 2 heterocycles. The Balaban J connectivity index is 2.33. The van der Waals surface area contributed by atoms with Crippen LogP contribution >= 0.6 is 11.3 Å². The third kappa shape index (κ3) is 1.60. The third-order valence-corrected chi connectivity index (χ3v) is 3.67. The second-order valence-electron chi connectivity index (χ2n) is 3.69. The van der Waals surface area contributed by atoms with E-state index in [1.165, 1.54) is 0 Å². The van der Waals surface area contributed by atoms with E-state index in [4.69, 9.17) is 9.47 Å². The van der Waals surface area contributed by atoms with E-state index in [9.17, 15) is 0 Å². The average molecular weight is 263 g/mol. The van der Waals surface area contributed by atoms with Crippen LogP contribution in [0, 0.1) is 0 Å². The minimum Gasteiger partial charge on any atom is -0.492 e. The molecule has 0 saturated carbocycles. The first-order valence-electron chi connectivity index (χ1n) is 5.86. The highest BCUT2D eigenvalue weighted by atomic mass is 32.1. The van der Waals surface area contributed by atoms with Gasteiger partial charge in [0.25, 0.3) is 0 Å². The van der Waals surface area contributed by atoms with Gasteiger partial charge < -0.3 is 9.47 Å². The van der Waals surface area contributed by atoms with E-state index < -0.39 is 0 Å². The molecule has 18 heavy (non-hydrogen) atoms. The van der Waals surface area contributed by atoms with Crippen LogP contribution in [0.1, 0.15) is 13.8 Å². The number of hydrogen-bond donors (Lipinski definition) is 0. The van der Waals surface area contributed by atoms with E-state index in [0.717, 1.165) is 26.7 Å². The number of aromatic nitrogens is 3. The Morgan fingerprint density at radius 3 is 2.67 bits per heavy atom. The van der Waals surface area contributed by atoms with Crippen molar-refractivity contribution in [3.8, 4) is 11.5 Å². The Labute approximate surface area is 108 Å². The molecule has 0 fully saturated rings. The van der Waals surface area contributed by atoms with Gasteiger partial charge in [0.2, 0.25) is 4.96 Å². The Morgan fingerprint density at radius 1 is 1.17 bits per heavy atom. The second-order valence-corrected chi connectivity index (χ2v) is 4.67. The molecule has 0 spiro atoms. The molecule has 0 aliphatic heterocycles. The van der Waals surface area contributed by atoms with Crippen LogP contribution < -0.4 is 9.47 Å². The van der Waals surface area contributed by atoms with Crippen molar-refractivity contribution in [2.75, 3.05) is 13.2 Å². The first-order valence-corrected chi connectivity index (χ1v) is 6.67. The third-order valence-electron chi connectivity index (χ3n) is 2.61. The minimum atomic E-state index is 0.628. The number of rotatable bonds is 4. The fraction of sp³-hybridized carbons (Fsp3) is 0.333. The van der Waals surface area contributed by atoms with Gasteiger partial charge in [0.1, 0.15) is 28.0 Å². The molecule has 0 radical (unpaired) electrons. The minimum absolute atomic E-state index is 0.628. The van der Waals surface area contributed by atoms with Crippen molar-refractivity contribution in [1.29, 1.82) is 0 Å². The summed E-state index contributed by atoms with van der Waals surface area (Å²) in [4.78, 5) is 0.845. The van der Waals surface area contributed by atoms with E-state index >= 15 is 0 Å². The molecule has 1 aromatic carbocycles. The topological polar surface area (TPSA) is 48.7 Å². The van der Waals surface area contributed by atoms with Gasteiger partial charge in [-0.1, -0.05) is 11.3 Å². The van der Waals surface area contributed by atoms with E-state index in [-0.39, 0.29) is 0 Å². The van der Waals surface area contributed by atoms with Gasteiger partial charge in [0.05, 0.1) is 13.2 Å². The molecule has 94 valence electrons. The maximum absolute atomic E-state index is 5.66. The first-order chi connectivity index (χ1) is 8.85. The SMILES string of the molecule is CCOc1ccc(OCC)c2c1sc1nncn12. The fourth-order valence-corrected chi connectivity index (χ4v) is 2.97. The molecule has 0 bridgehead atoms. The molecule has 0 aliphatic carbocycles. The molecule has 3 rings (SSSR count). The van der Waals surface area contributed by atoms with Crippen molar-refractivity contribution < 1.29 is 9.47 Å². The molecular weight excluding hydrogens is 250 g/mol. The van der Waals surface area contributed by atoms with Gasteiger partial charge in [-0.3, -0.25) is 4.40 Å². The number of hydrogen-bond acceptors (Lipinski definition) is 5. The summed E-state index contributed by atoms with van der Waals surface area (Å²) in [6, 6.07) is 3.88. The van der Waals surface area contributed by atoms with Crippen molar-refractivity contribution in [1.82, 2.24) is 14.6 Å². The summed E-state index contributed by atoms with van der Waals surface area (Å²) in [6.07, 6.45) is 1.70. The van der Waals surface area contributed by atoms with Crippen molar-refractivity contribution >= 4 is 26.5 Å². The van der Waals surface area contributed by atoms with Gasteiger partial charge in [-0.25, -0.2) is 0 Å². The van der Waals surface area contributed by atoms with Crippen LogP contribution in [0.2, 0.25) is 0 Å². The van der Waals surface area contributed by atoms with Gasteiger partial charge in [-0.2, -0.15) is 0 Å². The summed E-state index contributed by atoms with van der Waals surface area (Å²) < 4.78 is 14.3. The lowest BCUT2D eigenvalue weighted by atomic mass is 10.3. The molecule has 2 aromatic heterocycles. The van der Waals surface area contributed by atoms with Crippen molar-refractivity contribution in [3.63, 3.8) is 0 Å². The van der Waals surface area contributed by atoms with Gasteiger partial charge in [-0.15, -0.1) is 10.2 Å². The number of ether oxygens (including phenoxy) is 2. The molecule has 0 unspecified atom stereocenters. The van der Waals surface area contributed by atoms with Crippen molar-refractivity contribution in [2.24, 2.45) is 0 Å². The van der Waals surface area contributed by atoms with Crippen LogP contribution in [0.25, 0.3) is 15.2 Å². The first kappa shape index (κ1) is 11.3. The van der Waals surface area contributed by atoms with Crippen LogP contribution in [0.4, 0.5) is 0 Å². The highest BCUT2D eigenvalue weighted by Gasteiger charge is 2.15. The van der Waals surface area contributed by atoms with Crippen LogP contribution in [0.15, 0.2) is 18.5 Å². The normalized spacial score (nSPS) is 11.2. The molecule has 0 N–H and O–H groups in total. The van der Waals surface area contributed by atoms with Crippen LogP contribution in [-0.2, 0) is 0 Å². The Morgan fingerprint density at radius 2 is 1.89 bits per heavy atom. The van der Waals surface area contributed by atoms with Crippen molar-refractivity contribution in [3.05, 3.63) is 18.5 Å². The maximum atomic E-state index is 5.66. The van der Waals surface area contributed by atoms with Crippen LogP contribution in [0.3, 0.4) is 0 Å². The lowest BCUT2D eigenvalue weighted by Crippen LogP contribution is -1.96. The van der Waals surface area contributed by atoms with Crippen LogP contribution in [-0.4, -0.2) is 27.8 Å². The van der Waals surface area contributed by atoms with Gasteiger partial charge in [0, 0.05) is 0 Å². The molecular formula is C12H13N3O2S. The zero-order valence-electron chi connectivity index (χ0n) is 10.2. The van der Waals surface area contributed by atoms with Gasteiger partial charge >= 0.3 is 0 Å². The molecule has 5 nitrogen and oxygen atoms in total. The highest BCUT2D eigenvalue weighted by Crippen LogP contribution is 2.38. The summed E-state index contributed by atoms with van der Waals surface area (Å²) in [5.41, 5.74) is 0.979. The maximum Gasteiger partial charge on any atom is 0.217 e. The largest absolute Gasteiger partial charge is 0.492 e. The van der Waals surface area contributed by atoms with E-state index in [1.807, 2.05) is 30.4 Å². The number of fused-ring (bicyclic) bond motifs is 3.